The van der Waals surface area contributed by atoms with Gasteiger partial charge in [0.25, 0.3) is 0 Å². The first-order valence-corrected chi connectivity index (χ1v) is 9.89. The number of hydrogen-bond acceptors (Lipinski definition) is 2. The van der Waals surface area contributed by atoms with Crippen LogP contribution in [0, 0.1) is 22.7 Å². The number of amides is 1. The van der Waals surface area contributed by atoms with Crippen molar-refractivity contribution in [2.24, 2.45) is 22.7 Å². The lowest BCUT2D eigenvalue weighted by Crippen LogP contribution is -2.51. The summed E-state index contributed by atoms with van der Waals surface area (Å²) in [5.41, 5.74) is -0.634. The summed E-state index contributed by atoms with van der Waals surface area (Å²) < 4.78 is 6.04. The molecule has 1 N–H and O–H groups in total. The zero-order valence-electron chi connectivity index (χ0n) is 19.1. The monoisotopic (exact) mass is 355 g/mol. The minimum absolute atomic E-state index is 0.114. The van der Waals surface area contributed by atoms with Crippen molar-refractivity contribution in [2.75, 3.05) is 6.61 Å². The van der Waals surface area contributed by atoms with Crippen molar-refractivity contribution in [3.8, 4) is 0 Å². The second-order valence-electron chi connectivity index (χ2n) is 10.9. The van der Waals surface area contributed by atoms with Gasteiger partial charge in [0.15, 0.2) is 0 Å². The predicted octanol–water partition coefficient (Wildman–Crippen LogP) is 5.82. The first-order chi connectivity index (χ1) is 10.9. The Morgan fingerprint density at radius 3 is 1.76 bits per heavy atom. The van der Waals surface area contributed by atoms with E-state index in [9.17, 15) is 4.79 Å². The van der Waals surface area contributed by atoms with Crippen LogP contribution < -0.4 is 5.32 Å². The van der Waals surface area contributed by atoms with Crippen LogP contribution in [0.2, 0.25) is 0 Å². The van der Waals surface area contributed by atoms with Gasteiger partial charge in [-0.05, 0) is 57.8 Å². The van der Waals surface area contributed by atoms with Crippen molar-refractivity contribution in [3.05, 3.63) is 0 Å². The number of carbonyl (C=O) groups excluding carboxylic acids is 1. The third-order valence-electron chi connectivity index (χ3n) is 6.12. The molecule has 25 heavy (non-hydrogen) atoms. The molecule has 0 atom stereocenters. The number of carbonyl (C=O) groups is 1. The Morgan fingerprint density at radius 1 is 0.880 bits per heavy atom. The van der Waals surface area contributed by atoms with Gasteiger partial charge in [-0.25, -0.2) is 0 Å². The van der Waals surface area contributed by atoms with Crippen molar-refractivity contribution in [3.63, 3.8) is 0 Å². The van der Waals surface area contributed by atoms with Gasteiger partial charge >= 0.3 is 0 Å². The summed E-state index contributed by atoms with van der Waals surface area (Å²) in [5.74, 6) is 1.13. The van der Waals surface area contributed by atoms with Crippen molar-refractivity contribution in [2.45, 2.75) is 107 Å². The minimum atomic E-state index is -0.438. The fraction of sp³-hybridized carbons (Fsp3) is 0.955. The second-order valence-corrected chi connectivity index (χ2v) is 10.9. The van der Waals surface area contributed by atoms with Gasteiger partial charge in [-0.1, -0.05) is 55.4 Å². The third kappa shape index (κ3) is 8.11. The molecule has 0 fully saturated rings. The molecular formula is C22H45NO2. The largest absolute Gasteiger partial charge is 0.375 e. The molecule has 0 saturated heterocycles. The second kappa shape index (κ2) is 8.41. The van der Waals surface area contributed by atoms with E-state index in [0.29, 0.717) is 18.4 Å². The van der Waals surface area contributed by atoms with E-state index in [2.05, 4.69) is 74.6 Å². The van der Waals surface area contributed by atoms with Crippen molar-refractivity contribution < 1.29 is 9.53 Å². The normalized spacial score (nSPS) is 14.3. The van der Waals surface area contributed by atoms with E-state index in [-0.39, 0.29) is 22.5 Å². The molecule has 0 bridgehead atoms. The molecule has 1 amide bonds. The summed E-state index contributed by atoms with van der Waals surface area (Å²) in [6.07, 6.45) is 1.68. The van der Waals surface area contributed by atoms with Crippen LogP contribution in [0.25, 0.3) is 0 Å². The number of hydrogen-bond donors (Lipinski definition) is 1. The smallest absolute Gasteiger partial charge is 0.226 e. The number of rotatable bonds is 10. The van der Waals surface area contributed by atoms with Crippen LogP contribution in [0.15, 0.2) is 0 Å². The zero-order valence-corrected chi connectivity index (χ0v) is 19.1. The Bertz CT molecular complexity index is 431. The maximum atomic E-state index is 12.9. The molecule has 150 valence electrons. The summed E-state index contributed by atoms with van der Waals surface area (Å²) in [6, 6.07) is 0. The Hall–Kier alpha value is -0.570. The molecule has 0 spiro atoms. The molecule has 0 rings (SSSR count). The molecule has 0 aromatic rings. The summed E-state index contributed by atoms with van der Waals surface area (Å²) in [7, 11) is 0. The van der Waals surface area contributed by atoms with Gasteiger partial charge in [0.05, 0.1) is 5.60 Å². The van der Waals surface area contributed by atoms with Crippen LogP contribution in [0.3, 0.4) is 0 Å². The Kier molecular flexibility index (Phi) is 8.22. The van der Waals surface area contributed by atoms with E-state index >= 15 is 0 Å². The van der Waals surface area contributed by atoms with Gasteiger partial charge < -0.3 is 10.1 Å². The molecule has 0 aromatic heterocycles. The number of ether oxygens (including phenoxy) is 1. The van der Waals surface area contributed by atoms with E-state index < -0.39 is 5.41 Å². The molecule has 0 aliphatic heterocycles. The van der Waals surface area contributed by atoms with Gasteiger partial charge in [-0.3, -0.25) is 4.79 Å². The average Bonchev–Trinajstić information content (AvgIpc) is 2.35. The minimum Gasteiger partial charge on any atom is -0.375 e. The number of nitrogens with one attached hydrogen (secondary N) is 1. The molecular weight excluding hydrogens is 310 g/mol. The van der Waals surface area contributed by atoms with Crippen LogP contribution in [0.4, 0.5) is 0 Å². The van der Waals surface area contributed by atoms with Gasteiger partial charge in [-0.15, -0.1) is 0 Å². The van der Waals surface area contributed by atoms with Gasteiger partial charge in [0.2, 0.25) is 5.91 Å². The predicted molar refractivity (Wildman–Crippen MR) is 109 cm³/mol. The molecule has 0 aliphatic carbocycles. The molecule has 0 saturated carbocycles. The highest BCUT2D eigenvalue weighted by molar-refractivity contribution is 5.82. The fourth-order valence-electron chi connectivity index (χ4n) is 2.71. The molecule has 0 aliphatic rings. The van der Waals surface area contributed by atoms with E-state index in [4.69, 9.17) is 4.74 Å². The van der Waals surface area contributed by atoms with Gasteiger partial charge in [0.1, 0.15) is 0 Å². The Labute approximate surface area is 157 Å². The maximum Gasteiger partial charge on any atom is 0.226 e. The lowest BCUT2D eigenvalue weighted by molar-refractivity contribution is -0.134. The quantitative estimate of drug-likeness (QED) is 0.536. The molecule has 0 radical (unpaired) electrons. The van der Waals surface area contributed by atoms with Crippen LogP contribution in [-0.2, 0) is 9.53 Å². The molecule has 0 unspecified atom stereocenters. The molecule has 3 nitrogen and oxygen atoms in total. The van der Waals surface area contributed by atoms with E-state index in [1.54, 1.807) is 0 Å². The fourth-order valence-corrected chi connectivity index (χ4v) is 2.71. The van der Waals surface area contributed by atoms with Crippen molar-refractivity contribution in [1.29, 1.82) is 0 Å². The highest BCUT2D eigenvalue weighted by Crippen LogP contribution is 2.35. The topological polar surface area (TPSA) is 38.3 Å². The summed E-state index contributed by atoms with van der Waals surface area (Å²) >= 11 is 0. The van der Waals surface area contributed by atoms with Crippen molar-refractivity contribution >= 4 is 5.91 Å². The maximum absolute atomic E-state index is 12.9. The standard InChI is InChI=1S/C22H45NO2/c1-16(2)20(7,8)15-21(9,10)23-18(24)19(5,6)13-14-25-22(11,12)17(3)4/h16-17H,13-15H2,1-12H3,(H,23,24). The SMILES string of the molecule is CC(C)C(C)(C)CC(C)(C)NC(=O)C(C)(C)CCOC(C)(C)C(C)C. The summed E-state index contributed by atoms with van der Waals surface area (Å²) in [5, 5.41) is 3.28. The summed E-state index contributed by atoms with van der Waals surface area (Å²) in [4.78, 5) is 12.9. The molecule has 0 aromatic carbocycles. The lowest BCUT2D eigenvalue weighted by Gasteiger charge is -2.40. The van der Waals surface area contributed by atoms with E-state index in [1.807, 2.05) is 13.8 Å². The molecule has 3 heteroatoms. The first kappa shape index (κ1) is 24.4. The van der Waals surface area contributed by atoms with Crippen molar-refractivity contribution in [1.82, 2.24) is 5.32 Å². The Balaban J connectivity index is 4.75. The van der Waals surface area contributed by atoms with Crippen LogP contribution in [0.1, 0.15) is 95.9 Å². The van der Waals surface area contributed by atoms with Crippen LogP contribution >= 0.6 is 0 Å². The molecule has 0 heterocycles. The Morgan fingerprint density at radius 2 is 1.36 bits per heavy atom. The highest BCUT2D eigenvalue weighted by atomic mass is 16.5. The summed E-state index contributed by atoms with van der Waals surface area (Å²) in [6.45, 7) is 26.5. The van der Waals surface area contributed by atoms with Crippen LogP contribution in [-0.4, -0.2) is 23.7 Å². The lowest BCUT2D eigenvalue weighted by atomic mass is 9.72. The first-order valence-electron chi connectivity index (χ1n) is 9.89. The van der Waals surface area contributed by atoms with Crippen LogP contribution in [0.5, 0.6) is 0 Å². The van der Waals surface area contributed by atoms with E-state index in [1.165, 1.54) is 0 Å². The highest BCUT2D eigenvalue weighted by Gasteiger charge is 2.36. The van der Waals surface area contributed by atoms with E-state index in [0.717, 1.165) is 12.8 Å². The average molecular weight is 356 g/mol. The van der Waals surface area contributed by atoms with Gasteiger partial charge in [0, 0.05) is 17.6 Å². The third-order valence-corrected chi connectivity index (χ3v) is 6.12. The zero-order chi connectivity index (χ0) is 20.3. The van der Waals surface area contributed by atoms with Gasteiger partial charge in [-0.2, -0.15) is 0 Å².